The number of nitrogens with zero attached hydrogens (tertiary/aromatic N) is 1. The molecule has 0 aliphatic rings. The number of halogens is 2. The van der Waals surface area contributed by atoms with Crippen molar-refractivity contribution in [1.82, 2.24) is 15.5 Å². The molecule has 0 fully saturated rings. The van der Waals surface area contributed by atoms with Gasteiger partial charge in [-0.15, -0.1) is 0 Å². The zero-order chi connectivity index (χ0) is 12.3. The smallest absolute Gasteiger partial charge is 0.255 e. The molecule has 1 heterocycles. The molecule has 0 unspecified atom stereocenters. The molecule has 1 amide bonds. The van der Waals surface area contributed by atoms with Crippen molar-refractivity contribution in [3.8, 4) is 0 Å². The largest absolute Gasteiger partial charge is 0.348 e. The van der Waals surface area contributed by atoms with Gasteiger partial charge in [0, 0.05) is 22.8 Å². The number of carbonyl (C=O) groups excluding carboxylic acids is 1. The molecular weight excluding hydrogens is 289 g/mol. The Morgan fingerprint density at radius 3 is 3.00 bits per heavy atom. The van der Waals surface area contributed by atoms with Crippen molar-refractivity contribution in [1.29, 1.82) is 0 Å². The number of hydrogen-bond acceptors (Lipinski definition) is 2. The molecule has 88 valence electrons. The Kier molecular flexibility index (Phi) is 3.53. The van der Waals surface area contributed by atoms with E-state index in [9.17, 15) is 9.18 Å². The Balaban J connectivity index is 2.10. The van der Waals surface area contributed by atoms with E-state index in [-0.39, 0.29) is 5.56 Å². The minimum absolute atomic E-state index is 0.0102. The van der Waals surface area contributed by atoms with E-state index in [4.69, 9.17) is 0 Å². The van der Waals surface area contributed by atoms with Crippen LogP contribution in [-0.4, -0.2) is 16.1 Å². The Hall–Kier alpha value is -1.69. The zero-order valence-corrected chi connectivity index (χ0v) is 10.3. The topological polar surface area (TPSA) is 57.8 Å². The first-order valence-electron chi connectivity index (χ1n) is 4.88. The van der Waals surface area contributed by atoms with Crippen molar-refractivity contribution in [2.45, 2.75) is 6.54 Å². The molecule has 0 saturated carbocycles. The van der Waals surface area contributed by atoms with Crippen molar-refractivity contribution >= 4 is 21.8 Å². The van der Waals surface area contributed by atoms with E-state index >= 15 is 0 Å². The lowest BCUT2D eigenvalue weighted by Gasteiger charge is -2.06. The first-order valence-corrected chi connectivity index (χ1v) is 5.67. The number of hydrogen-bond donors (Lipinski definition) is 2. The monoisotopic (exact) mass is 297 g/mol. The normalized spacial score (nSPS) is 10.2. The molecule has 0 spiro atoms. The summed E-state index contributed by atoms with van der Waals surface area (Å²) in [5, 5.41) is 8.99. The van der Waals surface area contributed by atoms with Crippen LogP contribution in [0, 0.1) is 5.82 Å². The Labute approximate surface area is 105 Å². The SMILES string of the molecule is O=C(NCc1cn[nH]c1)c1c(F)cccc1Br. The van der Waals surface area contributed by atoms with E-state index in [1.165, 1.54) is 12.1 Å². The first kappa shape index (κ1) is 11.8. The van der Waals surface area contributed by atoms with Crippen molar-refractivity contribution in [2.75, 3.05) is 0 Å². The third kappa shape index (κ3) is 2.71. The van der Waals surface area contributed by atoms with Crippen LogP contribution >= 0.6 is 15.9 Å². The molecule has 0 atom stereocenters. The van der Waals surface area contributed by atoms with Crippen LogP contribution in [0.5, 0.6) is 0 Å². The Morgan fingerprint density at radius 2 is 2.35 bits per heavy atom. The lowest BCUT2D eigenvalue weighted by atomic mass is 10.2. The van der Waals surface area contributed by atoms with Gasteiger partial charge >= 0.3 is 0 Å². The highest BCUT2D eigenvalue weighted by Gasteiger charge is 2.14. The molecule has 1 aromatic carbocycles. The van der Waals surface area contributed by atoms with E-state index in [0.29, 0.717) is 11.0 Å². The number of rotatable bonds is 3. The van der Waals surface area contributed by atoms with Crippen LogP contribution in [-0.2, 0) is 6.54 Å². The standard InChI is InChI=1S/C11H9BrFN3O/c12-8-2-1-3-9(13)10(8)11(17)14-4-7-5-15-16-6-7/h1-3,5-6H,4H2,(H,14,17)(H,15,16). The van der Waals surface area contributed by atoms with Crippen LogP contribution in [0.4, 0.5) is 4.39 Å². The third-order valence-corrected chi connectivity index (χ3v) is 2.86. The number of benzene rings is 1. The van der Waals surface area contributed by atoms with Crippen molar-refractivity contribution in [2.24, 2.45) is 0 Å². The third-order valence-electron chi connectivity index (χ3n) is 2.20. The van der Waals surface area contributed by atoms with E-state index in [0.717, 1.165) is 5.56 Å². The predicted octanol–water partition coefficient (Wildman–Crippen LogP) is 2.24. The molecule has 2 N–H and O–H groups in total. The van der Waals surface area contributed by atoms with Gasteiger partial charge in [0.1, 0.15) is 5.82 Å². The van der Waals surface area contributed by atoms with E-state index in [1.54, 1.807) is 18.5 Å². The second-order valence-corrected chi connectivity index (χ2v) is 4.24. The van der Waals surface area contributed by atoms with E-state index in [2.05, 4.69) is 31.4 Å². The number of nitrogens with one attached hydrogen (secondary N) is 2. The maximum atomic E-state index is 13.5. The molecule has 0 saturated heterocycles. The van der Waals surface area contributed by atoms with Crippen molar-refractivity contribution in [3.05, 3.63) is 52.0 Å². The Morgan fingerprint density at radius 1 is 1.53 bits per heavy atom. The number of carbonyl (C=O) groups is 1. The molecule has 0 aliphatic carbocycles. The van der Waals surface area contributed by atoms with Crippen LogP contribution in [0.2, 0.25) is 0 Å². The molecule has 4 nitrogen and oxygen atoms in total. The van der Waals surface area contributed by atoms with Gasteiger partial charge in [-0.3, -0.25) is 9.89 Å². The van der Waals surface area contributed by atoms with Crippen LogP contribution in [0.3, 0.4) is 0 Å². The molecule has 2 rings (SSSR count). The average Bonchev–Trinajstić information content (AvgIpc) is 2.79. The van der Waals surface area contributed by atoms with E-state index < -0.39 is 11.7 Å². The Bertz CT molecular complexity index is 507. The summed E-state index contributed by atoms with van der Waals surface area (Å²) < 4.78 is 13.9. The number of aromatic nitrogens is 2. The summed E-state index contributed by atoms with van der Waals surface area (Å²) in [4.78, 5) is 11.8. The second-order valence-electron chi connectivity index (χ2n) is 3.39. The second kappa shape index (κ2) is 5.09. The van der Waals surface area contributed by atoms with Crippen molar-refractivity contribution < 1.29 is 9.18 Å². The van der Waals surface area contributed by atoms with Gasteiger partial charge in [-0.1, -0.05) is 6.07 Å². The highest BCUT2D eigenvalue weighted by atomic mass is 79.9. The fourth-order valence-corrected chi connectivity index (χ4v) is 1.88. The lowest BCUT2D eigenvalue weighted by Crippen LogP contribution is -2.24. The lowest BCUT2D eigenvalue weighted by molar-refractivity contribution is 0.0946. The molecule has 2 aromatic rings. The molecule has 0 radical (unpaired) electrons. The van der Waals surface area contributed by atoms with Gasteiger partial charge in [-0.25, -0.2) is 4.39 Å². The minimum atomic E-state index is -0.552. The van der Waals surface area contributed by atoms with Crippen molar-refractivity contribution in [3.63, 3.8) is 0 Å². The average molecular weight is 298 g/mol. The quantitative estimate of drug-likeness (QED) is 0.913. The summed E-state index contributed by atoms with van der Waals surface area (Å²) in [6, 6.07) is 4.40. The maximum absolute atomic E-state index is 13.5. The fourth-order valence-electron chi connectivity index (χ4n) is 1.36. The number of H-pyrrole nitrogens is 1. The van der Waals surface area contributed by atoms with Crippen LogP contribution in [0.25, 0.3) is 0 Å². The molecule has 6 heteroatoms. The summed E-state index contributed by atoms with van der Waals surface area (Å²) in [5.41, 5.74) is 0.835. The highest BCUT2D eigenvalue weighted by molar-refractivity contribution is 9.10. The fraction of sp³-hybridized carbons (Fsp3) is 0.0909. The van der Waals surface area contributed by atoms with Gasteiger partial charge in [-0.2, -0.15) is 5.10 Å². The maximum Gasteiger partial charge on any atom is 0.255 e. The van der Waals surface area contributed by atoms with Gasteiger partial charge in [0.05, 0.1) is 11.8 Å². The van der Waals surface area contributed by atoms with Crippen LogP contribution in [0.15, 0.2) is 35.1 Å². The summed E-state index contributed by atoms with van der Waals surface area (Å²) in [6.07, 6.45) is 3.26. The minimum Gasteiger partial charge on any atom is -0.348 e. The predicted molar refractivity (Wildman–Crippen MR) is 63.9 cm³/mol. The van der Waals surface area contributed by atoms with Gasteiger partial charge in [-0.05, 0) is 28.1 Å². The molecular formula is C11H9BrFN3O. The highest BCUT2D eigenvalue weighted by Crippen LogP contribution is 2.19. The van der Waals surface area contributed by atoms with Gasteiger partial charge in [0.15, 0.2) is 0 Å². The molecule has 17 heavy (non-hydrogen) atoms. The van der Waals surface area contributed by atoms with Crippen LogP contribution in [0.1, 0.15) is 15.9 Å². The zero-order valence-electron chi connectivity index (χ0n) is 8.71. The van der Waals surface area contributed by atoms with E-state index in [1.807, 2.05) is 0 Å². The molecule has 0 aliphatic heterocycles. The number of aromatic amines is 1. The summed E-state index contributed by atoms with van der Waals surface area (Å²) in [5.74, 6) is -1.01. The summed E-state index contributed by atoms with van der Waals surface area (Å²) in [7, 11) is 0. The summed E-state index contributed by atoms with van der Waals surface area (Å²) >= 11 is 3.15. The van der Waals surface area contributed by atoms with Gasteiger partial charge < -0.3 is 5.32 Å². The van der Waals surface area contributed by atoms with Gasteiger partial charge in [0.25, 0.3) is 5.91 Å². The van der Waals surface area contributed by atoms with Gasteiger partial charge in [0.2, 0.25) is 0 Å². The van der Waals surface area contributed by atoms with Crippen LogP contribution < -0.4 is 5.32 Å². The summed E-state index contributed by atoms with van der Waals surface area (Å²) in [6.45, 7) is 0.302. The number of amides is 1. The first-order chi connectivity index (χ1) is 8.18. The molecule has 1 aromatic heterocycles. The molecule has 0 bridgehead atoms.